The maximum atomic E-state index is 14.4. The lowest BCUT2D eigenvalue weighted by molar-refractivity contribution is 0.0749. The molecule has 0 aliphatic carbocycles. The van der Waals surface area contributed by atoms with E-state index in [9.17, 15) is 14.4 Å². The molecule has 0 radical (unpaired) electrons. The lowest BCUT2D eigenvalue weighted by Gasteiger charge is -2.33. The Morgan fingerprint density at radius 1 is 0.750 bits per heavy atom. The molecule has 3 aliphatic rings. The van der Waals surface area contributed by atoms with Crippen molar-refractivity contribution in [3.63, 3.8) is 0 Å². The van der Waals surface area contributed by atoms with Gasteiger partial charge in [0.2, 0.25) is 0 Å². The zero-order valence-corrected chi connectivity index (χ0v) is 27.4. The van der Waals surface area contributed by atoms with E-state index in [1.807, 2.05) is 40.7 Å². The number of amides is 1. The molecule has 0 saturated heterocycles. The molecule has 1 amide bonds. The SMILES string of the molecule is CCCn1c2nc(=O)[nH]c(=O)c-2nc2cc3c4c(cccc4c21)C(=O)N(CC[P+](c1ccccc1)(c1ccccc1)c1ccccc1)C3. The van der Waals surface area contributed by atoms with E-state index in [-0.39, 0.29) is 17.4 Å². The van der Waals surface area contributed by atoms with Crippen molar-refractivity contribution >= 4 is 50.9 Å². The third kappa shape index (κ3) is 4.75. The number of H-pyrrole nitrogens is 1. The number of carbonyl (C=O) groups excluding carboxylic acids is 1. The number of hydrogen-bond acceptors (Lipinski definition) is 5. The molecule has 0 unspecified atom stereocenters. The van der Waals surface area contributed by atoms with Gasteiger partial charge in [-0.3, -0.25) is 14.6 Å². The van der Waals surface area contributed by atoms with Gasteiger partial charge in [0.1, 0.15) is 23.2 Å². The number of nitrogens with zero attached hydrogens (tertiary/aromatic N) is 4. The second-order valence-corrected chi connectivity index (χ2v) is 15.8. The Hall–Kier alpha value is -5.46. The topological polar surface area (TPSA) is 101 Å². The highest BCUT2D eigenvalue weighted by molar-refractivity contribution is 7.95. The monoisotopic (exact) mass is 650 g/mol. The molecule has 3 aliphatic heterocycles. The van der Waals surface area contributed by atoms with Crippen LogP contribution >= 0.6 is 7.26 Å². The van der Waals surface area contributed by atoms with Crippen molar-refractivity contribution in [3.8, 4) is 11.5 Å². The Morgan fingerprint density at radius 3 is 1.98 bits per heavy atom. The summed E-state index contributed by atoms with van der Waals surface area (Å²) in [6.07, 6.45) is 1.53. The van der Waals surface area contributed by atoms with Crippen LogP contribution in [0, 0.1) is 0 Å². The number of nitrogens with one attached hydrogen (secondary N) is 1. The van der Waals surface area contributed by atoms with Crippen LogP contribution < -0.4 is 27.2 Å². The van der Waals surface area contributed by atoms with Crippen molar-refractivity contribution in [2.24, 2.45) is 0 Å². The van der Waals surface area contributed by atoms with Crippen LogP contribution in [-0.4, -0.2) is 43.0 Å². The van der Waals surface area contributed by atoms with Gasteiger partial charge in [0.15, 0.2) is 11.5 Å². The summed E-state index contributed by atoms with van der Waals surface area (Å²) in [5, 5.41) is 5.58. The van der Waals surface area contributed by atoms with Crippen LogP contribution in [-0.2, 0) is 13.1 Å². The zero-order chi connectivity index (χ0) is 32.8. The Kier molecular flexibility index (Phi) is 7.46. The first kappa shape index (κ1) is 29.9. The average molecular weight is 651 g/mol. The lowest BCUT2D eigenvalue weighted by Crippen LogP contribution is -2.41. The van der Waals surface area contributed by atoms with Gasteiger partial charge >= 0.3 is 5.69 Å². The number of hydrogen-bond donors (Lipinski definition) is 1. The van der Waals surface area contributed by atoms with Crippen LogP contribution in [0.2, 0.25) is 0 Å². The third-order valence-corrected chi connectivity index (χ3v) is 13.8. The minimum Gasteiger partial charge on any atom is -0.331 e. The molecule has 3 heterocycles. The van der Waals surface area contributed by atoms with Crippen molar-refractivity contribution in [1.29, 1.82) is 0 Å². The van der Waals surface area contributed by atoms with Gasteiger partial charge in [-0.15, -0.1) is 0 Å². The Labute approximate surface area is 277 Å². The summed E-state index contributed by atoms with van der Waals surface area (Å²) < 4.78 is 1.91. The minimum absolute atomic E-state index is 0.00746. The van der Waals surface area contributed by atoms with E-state index in [1.165, 1.54) is 15.9 Å². The largest absolute Gasteiger partial charge is 0.349 e. The molecule has 8 rings (SSSR count). The number of benzene rings is 5. The molecule has 0 spiro atoms. The highest BCUT2D eigenvalue weighted by Gasteiger charge is 2.46. The van der Waals surface area contributed by atoms with E-state index in [0.29, 0.717) is 30.7 Å². The van der Waals surface area contributed by atoms with Gasteiger partial charge in [-0.25, -0.2) is 9.78 Å². The summed E-state index contributed by atoms with van der Waals surface area (Å²) in [6.45, 7) is 3.54. The fourth-order valence-electron chi connectivity index (χ4n) is 7.38. The maximum absolute atomic E-state index is 14.4. The molecule has 0 fully saturated rings. The first-order valence-electron chi connectivity index (χ1n) is 16.2. The van der Waals surface area contributed by atoms with Crippen molar-refractivity contribution in [1.82, 2.24) is 24.4 Å². The number of aromatic amines is 1. The molecular weight excluding hydrogens is 617 g/mol. The molecule has 1 N–H and O–H groups in total. The second-order valence-electron chi connectivity index (χ2n) is 12.2. The number of rotatable bonds is 8. The molecule has 0 atom stereocenters. The summed E-state index contributed by atoms with van der Waals surface area (Å²) in [7, 11) is -2.16. The predicted octanol–water partition coefficient (Wildman–Crippen LogP) is 5.10. The molecule has 5 aromatic carbocycles. The minimum atomic E-state index is -2.16. The Balaban J connectivity index is 1.27. The number of aryl methyl sites for hydroxylation is 1. The van der Waals surface area contributed by atoms with Crippen molar-refractivity contribution < 1.29 is 4.79 Å². The van der Waals surface area contributed by atoms with Crippen LogP contribution in [0.25, 0.3) is 33.3 Å². The highest BCUT2D eigenvalue weighted by atomic mass is 31.2. The Bertz CT molecular complexity index is 2310. The van der Waals surface area contributed by atoms with Crippen LogP contribution in [0.4, 0.5) is 0 Å². The first-order chi connectivity index (χ1) is 23.5. The van der Waals surface area contributed by atoms with Gasteiger partial charge in [0, 0.05) is 29.4 Å². The van der Waals surface area contributed by atoms with Crippen molar-refractivity contribution in [3.05, 3.63) is 147 Å². The van der Waals surface area contributed by atoms with Gasteiger partial charge in [-0.1, -0.05) is 73.7 Å². The van der Waals surface area contributed by atoms with E-state index >= 15 is 0 Å². The number of carbonyl (C=O) groups is 1. The molecule has 0 aromatic heterocycles. The fourth-order valence-corrected chi connectivity index (χ4v) is 11.6. The smallest absolute Gasteiger partial charge is 0.331 e. The number of fused-ring (bicyclic) bond motifs is 3. The van der Waals surface area contributed by atoms with Gasteiger partial charge < -0.3 is 9.47 Å². The molecular formula is C39H33N5O3P+. The lowest BCUT2D eigenvalue weighted by atomic mass is 9.93. The van der Waals surface area contributed by atoms with Crippen molar-refractivity contribution in [2.75, 3.05) is 12.7 Å². The van der Waals surface area contributed by atoms with E-state index in [1.54, 1.807) is 0 Å². The van der Waals surface area contributed by atoms with Gasteiger partial charge in [0.05, 0.1) is 23.7 Å². The molecule has 8 nitrogen and oxygen atoms in total. The van der Waals surface area contributed by atoms with Crippen LogP contribution in [0.3, 0.4) is 0 Å². The van der Waals surface area contributed by atoms with E-state index in [4.69, 9.17) is 4.98 Å². The van der Waals surface area contributed by atoms with E-state index < -0.39 is 18.5 Å². The second kappa shape index (κ2) is 12.0. The average Bonchev–Trinajstić information content (AvgIpc) is 3.12. The normalized spacial score (nSPS) is 13.1. The van der Waals surface area contributed by atoms with E-state index in [2.05, 4.69) is 101 Å². The standard InChI is InChI=1S/C39H32N5O3P/c1-2-21-44-35-30-19-12-20-31-33(30)26(24-32(35)40-34-36(44)41-39(47)42-37(34)45)25-43(38(31)46)22-23-48(27-13-6-3-7-14-27,28-15-8-4-9-16-28)29-17-10-5-11-18-29/h3-20,24H,2,21-23,25H2,1H3/p+1. The van der Waals surface area contributed by atoms with Crippen molar-refractivity contribution in [2.45, 2.75) is 26.4 Å². The molecule has 0 bridgehead atoms. The molecule has 48 heavy (non-hydrogen) atoms. The predicted molar refractivity (Wildman–Crippen MR) is 194 cm³/mol. The fraction of sp³-hybridized carbons (Fsp3) is 0.154. The van der Waals surface area contributed by atoms with Gasteiger partial charge in [0.25, 0.3) is 11.5 Å². The summed E-state index contributed by atoms with van der Waals surface area (Å²) in [4.78, 5) is 52.7. The summed E-state index contributed by atoms with van der Waals surface area (Å²) >= 11 is 0. The summed E-state index contributed by atoms with van der Waals surface area (Å²) in [5.41, 5.74) is 1.90. The molecule has 9 heteroatoms. The van der Waals surface area contributed by atoms with Crippen LogP contribution in [0.1, 0.15) is 29.3 Å². The van der Waals surface area contributed by atoms with Crippen LogP contribution in [0.5, 0.6) is 0 Å². The summed E-state index contributed by atoms with van der Waals surface area (Å²) in [6, 6.07) is 39.9. The first-order valence-corrected chi connectivity index (χ1v) is 18.2. The molecule has 236 valence electrons. The third-order valence-electron chi connectivity index (χ3n) is 9.43. The van der Waals surface area contributed by atoms with Gasteiger partial charge in [-0.05, 0) is 60.5 Å². The Morgan fingerprint density at radius 2 is 1.38 bits per heavy atom. The quantitative estimate of drug-likeness (QED) is 0.140. The highest BCUT2D eigenvalue weighted by Crippen LogP contribution is 2.55. The summed E-state index contributed by atoms with van der Waals surface area (Å²) in [5.74, 6) is 0.248. The zero-order valence-electron chi connectivity index (χ0n) is 26.5. The number of aromatic nitrogens is 4. The van der Waals surface area contributed by atoms with Crippen LogP contribution in [0.15, 0.2) is 125 Å². The van der Waals surface area contributed by atoms with Gasteiger partial charge in [-0.2, -0.15) is 4.98 Å². The maximum Gasteiger partial charge on any atom is 0.349 e. The molecule has 0 saturated carbocycles. The van der Waals surface area contributed by atoms with E-state index in [0.717, 1.165) is 34.4 Å². The molecule has 5 aromatic rings.